The molecule has 1 aliphatic rings. The Bertz CT molecular complexity index is 746. The van der Waals surface area contributed by atoms with Crippen molar-refractivity contribution in [1.82, 2.24) is 0 Å². The fourth-order valence-electron chi connectivity index (χ4n) is 3.03. The van der Waals surface area contributed by atoms with Crippen molar-refractivity contribution in [1.29, 1.82) is 0 Å². The van der Waals surface area contributed by atoms with Crippen LogP contribution in [0.25, 0.3) is 0 Å². The van der Waals surface area contributed by atoms with Gasteiger partial charge in [-0.3, -0.25) is 4.79 Å². The molecule has 0 aromatic heterocycles. The maximum absolute atomic E-state index is 14.0. The van der Waals surface area contributed by atoms with E-state index in [9.17, 15) is 22.4 Å². The lowest BCUT2D eigenvalue weighted by molar-refractivity contribution is -0.147. The number of rotatable bonds is 5. The molecule has 25 heavy (non-hydrogen) atoms. The quantitative estimate of drug-likeness (QED) is 0.259. The van der Waals surface area contributed by atoms with Gasteiger partial charge in [-0.2, -0.15) is 0 Å². The molecule has 0 radical (unpaired) electrons. The summed E-state index contributed by atoms with van der Waals surface area (Å²) in [7, 11) is 0. The number of ether oxygens (including phenoxy) is 1. The van der Waals surface area contributed by atoms with Crippen LogP contribution in [-0.4, -0.2) is 5.97 Å². The van der Waals surface area contributed by atoms with Gasteiger partial charge in [0.2, 0.25) is 0 Å². The number of benzene rings is 1. The van der Waals surface area contributed by atoms with E-state index in [1.807, 2.05) is 32.8 Å². The average molecular weight is 354 g/mol. The summed E-state index contributed by atoms with van der Waals surface area (Å²) in [5.74, 6) is -5.59. The number of hydrogen-bond donors (Lipinski definition) is 0. The Morgan fingerprint density at radius 3 is 2.16 bits per heavy atom. The third-order valence-electron chi connectivity index (χ3n) is 4.65. The minimum absolute atomic E-state index is 0.0498. The summed E-state index contributed by atoms with van der Waals surface area (Å²) in [4.78, 5) is 12.1. The third-order valence-corrected chi connectivity index (χ3v) is 4.65. The first-order chi connectivity index (χ1) is 11.7. The van der Waals surface area contributed by atoms with Gasteiger partial charge in [0, 0.05) is 12.0 Å². The van der Waals surface area contributed by atoms with Crippen LogP contribution >= 0.6 is 0 Å². The Labute approximate surface area is 143 Å². The van der Waals surface area contributed by atoms with Gasteiger partial charge in [0.1, 0.15) is 6.61 Å². The fraction of sp³-hybridized carbons (Fsp3) is 0.421. The predicted octanol–water partition coefficient (Wildman–Crippen LogP) is 4.31. The van der Waals surface area contributed by atoms with Crippen LogP contribution in [0.3, 0.4) is 0 Å². The molecule has 6 heteroatoms. The van der Waals surface area contributed by atoms with Crippen molar-refractivity contribution in [2.45, 2.75) is 33.8 Å². The van der Waals surface area contributed by atoms with E-state index in [2.05, 4.69) is 0 Å². The normalized spacial score (nSPS) is 21.2. The zero-order valence-electron chi connectivity index (χ0n) is 14.1. The summed E-state index contributed by atoms with van der Waals surface area (Å²) in [5, 5.41) is 0. The second-order valence-corrected chi connectivity index (χ2v) is 6.55. The number of carbonyl (C=O) groups excluding carboxylic acids is 1. The summed E-state index contributed by atoms with van der Waals surface area (Å²) in [6, 6.07) is 0. The molecule has 1 fully saturated rings. The maximum atomic E-state index is 14.0. The van der Waals surface area contributed by atoms with Gasteiger partial charge in [0.15, 0.2) is 23.3 Å². The molecule has 2 rings (SSSR count). The molecule has 0 N–H and O–H groups in total. The minimum Gasteiger partial charge on any atom is -0.460 e. The van der Waals surface area contributed by atoms with E-state index in [1.54, 1.807) is 6.08 Å². The molecular formula is C19H18F4O2. The molecule has 134 valence electrons. The Kier molecular flexibility index (Phi) is 5.26. The molecule has 2 atom stereocenters. The van der Waals surface area contributed by atoms with E-state index in [1.165, 1.54) is 0 Å². The van der Waals surface area contributed by atoms with E-state index in [-0.39, 0.29) is 11.3 Å². The predicted molar refractivity (Wildman–Crippen MR) is 84.2 cm³/mol. The highest BCUT2D eigenvalue weighted by molar-refractivity contribution is 5.78. The topological polar surface area (TPSA) is 26.3 Å². The summed E-state index contributed by atoms with van der Waals surface area (Å²) < 4.78 is 60.6. The Morgan fingerprint density at radius 1 is 1.16 bits per heavy atom. The van der Waals surface area contributed by atoms with Crippen LogP contribution < -0.4 is 0 Å². The number of esters is 1. The van der Waals surface area contributed by atoms with Crippen molar-refractivity contribution in [3.8, 4) is 12.3 Å². The maximum Gasteiger partial charge on any atom is 0.310 e. The standard InChI is InChI=1S/C19H18F4O2/c1-5-7-10-14(20)16(22)11(17(23)15(10)21)9-25-18(24)13-12(8-6-2)19(13,3)4/h1,6,8,12-13H,7,9H2,2-4H3. The van der Waals surface area contributed by atoms with Crippen LogP contribution in [-0.2, 0) is 22.6 Å². The molecule has 1 aromatic rings. The van der Waals surface area contributed by atoms with E-state index in [0.717, 1.165) is 0 Å². The van der Waals surface area contributed by atoms with E-state index < -0.39 is 59.3 Å². The van der Waals surface area contributed by atoms with Crippen molar-refractivity contribution in [2.24, 2.45) is 17.3 Å². The van der Waals surface area contributed by atoms with Crippen molar-refractivity contribution in [3.63, 3.8) is 0 Å². The second-order valence-electron chi connectivity index (χ2n) is 6.55. The van der Waals surface area contributed by atoms with Crippen LogP contribution in [0.15, 0.2) is 12.2 Å². The first kappa shape index (κ1) is 19.0. The van der Waals surface area contributed by atoms with Gasteiger partial charge in [-0.1, -0.05) is 26.0 Å². The first-order valence-corrected chi connectivity index (χ1v) is 7.75. The van der Waals surface area contributed by atoms with Crippen LogP contribution in [0.4, 0.5) is 17.6 Å². The molecular weight excluding hydrogens is 336 g/mol. The van der Waals surface area contributed by atoms with Gasteiger partial charge < -0.3 is 4.74 Å². The number of allylic oxidation sites excluding steroid dienone is 2. The highest BCUT2D eigenvalue weighted by atomic mass is 19.2. The van der Waals surface area contributed by atoms with Gasteiger partial charge in [0.25, 0.3) is 0 Å². The number of carbonyl (C=O) groups is 1. The third kappa shape index (κ3) is 3.28. The van der Waals surface area contributed by atoms with Gasteiger partial charge in [-0.05, 0) is 18.3 Å². The molecule has 0 spiro atoms. The van der Waals surface area contributed by atoms with Gasteiger partial charge >= 0.3 is 5.97 Å². The van der Waals surface area contributed by atoms with Crippen molar-refractivity contribution in [2.75, 3.05) is 0 Å². The summed E-state index contributed by atoms with van der Waals surface area (Å²) >= 11 is 0. The Balaban J connectivity index is 2.20. The second kappa shape index (κ2) is 6.91. The number of terminal acetylenes is 1. The largest absolute Gasteiger partial charge is 0.460 e. The number of halogens is 4. The molecule has 1 aliphatic carbocycles. The molecule has 1 aromatic carbocycles. The summed E-state index contributed by atoms with van der Waals surface area (Å²) in [5.41, 5.74) is -2.16. The molecule has 0 saturated heterocycles. The monoisotopic (exact) mass is 354 g/mol. The lowest BCUT2D eigenvalue weighted by atomic mass is 10.1. The smallest absolute Gasteiger partial charge is 0.310 e. The lowest BCUT2D eigenvalue weighted by Crippen LogP contribution is -2.14. The van der Waals surface area contributed by atoms with Crippen LogP contribution in [0.5, 0.6) is 0 Å². The van der Waals surface area contributed by atoms with E-state index in [4.69, 9.17) is 11.2 Å². The van der Waals surface area contributed by atoms with E-state index in [0.29, 0.717) is 0 Å². The van der Waals surface area contributed by atoms with Crippen LogP contribution in [0, 0.1) is 52.9 Å². The molecule has 0 bridgehead atoms. The van der Waals surface area contributed by atoms with E-state index >= 15 is 0 Å². The first-order valence-electron chi connectivity index (χ1n) is 7.75. The molecule has 0 heterocycles. The highest BCUT2D eigenvalue weighted by Gasteiger charge is 2.61. The van der Waals surface area contributed by atoms with Crippen LogP contribution in [0.1, 0.15) is 31.9 Å². The molecule has 0 amide bonds. The molecule has 0 aliphatic heterocycles. The summed E-state index contributed by atoms with van der Waals surface area (Å²) in [6.45, 7) is 4.64. The van der Waals surface area contributed by atoms with Crippen LogP contribution in [0.2, 0.25) is 0 Å². The van der Waals surface area contributed by atoms with Crippen molar-refractivity contribution >= 4 is 5.97 Å². The zero-order valence-corrected chi connectivity index (χ0v) is 14.1. The lowest BCUT2D eigenvalue weighted by Gasteiger charge is -2.11. The molecule has 1 saturated carbocycles. The average Bonchev–Trinajstić information content (AvgIpc) is 3.10. The highest BCUT2D eigenvalue weighted by Crippen LogP contribution is 2.59. The fourth-order valence-corrected chi connectivity index (χ4v) is 3.03. The summed E-state index contributed by atoms with van der Waals surface area (Å²) in [6.07, 6.45) is 7.99. The van der Waals surface area contributed by atoms with Gasteiger partial charge in [-0.15, -0.1) is 12.3 Å². The van der Waals surface area contributed by atoms with Gasteiger partial charge in [-0.25, -0.2) is 17.6 Å². The Hall–Kier alpha value is -2.29. The molecule has 2 unspecified atom stereocenters. The minimum atomic E-state index is -1.60. The van der Waals surface area contributed by atoms with Gasteiger partial charge in [0.05, 0.1) is 11.5 Å². The molecule has 2 nitrogen and oxygen atoms in total. The van der Waals surface area contributed by atoms with Crippen molar-refractivity contribution < 1.29 is 27.1 Å². The van der Waals surface area contributed by atoms with Crippen molar-refractivity contribution in [3.05, 3.63) is 46.5 Å². The number of hydrogen-bond acceptors (Lipinski definition) is 2. The Morgan fingerprint density at radius 2 is 1.68 bits per heavy atom. The zero-order chi connectivity index (χ0) is 18.9. The SMILES string of the molecule is C#CCc1c(F)c(F)c(COC(=O)C2C(C=CC)C2(C)C)c(F)c1F.